The fraction of sp³-hybridized carbons (Fsp3) is 0.240. The highest BCUT2D eigenvalue weighted by Crippen LogP contribution is 2.30. The number of hydrogen-bond donors (Lipinski definition) is 2. The van der Waals surface area contributed by atoms with Crippen molar-refractivity contribution in [2.75, 3.05) is 23.5 Å². The van der Waals surface area contributed by atoms with Gasteiger partial charge >= 0.3 is 0 Å². The maximum Gasteiger partial charge on any atom is 0.194 e. The molecule has 0 spiro atoms. The number of rotatable bonds is 7. The first-order valence-electron chi connectivity index (χ1n) is 10.6. The van der Waals surface area contributed by atoms with Crippen LogP contribution in [0.1, 0.15) is 33.5 Å². The molecule has 8 heteroatoms. The number of ketones is 1. The van der Waals surface area contributed by atoms with Crippen LogP contribution in [0.2, 0.25) is 10.0 Å². The van der Waals surface area contributed by atoms with E-state index in [0.717, 1.165) is 28.2 Å². The summed E-state index contributed by atoms with van der Waals surface area (Å²) in [5, 5.41) is 23.6. The average Bonchev–Trinajstić information content (AvgIpc) is 3.25. The number of anilines is 3. The van der Waals surface area contributed by atoms with Crippen LogP contribution in [0.5, 0.6) is 0 Å². The van der Waals surface area contributed by atoms with Crippen molar-refractivity contribution in [1.82, 2.24) is 0 Å². The number of carbonyl (C=O) groups excluding carboxylic acids is 1. The largest absolute Gasteiger partial charge is 0.396 e. The summed E-state index contributed by atoms with van der Waals surface area (Å²) >= 11 is 12.6. The van der Waals surface area contributed by atoms with Gasteiger partial charge in [-0.1, -0.05) is 34.5 Å². The van der Waals surface area contributed by atoms with Crippen molar-refractivity contribution in [2.45, 2.75) is 26.3 Å². The maximum absolute atomic E-state index is 13.4. The highest BCUT2D eigenvalue weighted by Gasteiger charge is 2.22. The summed E-state index contributed by atoms with van der Waals surface area (Å²) < 4.78 is 0. The third-order valence-electron chi connectivity index (χ3n) is 5.61. The summed E-state index contributed by atoms with van der Waals surface area (Å²) in [7, 11) is 0. The van der Waals surface area contributed by atoms with E-state index in [0.29, 0.717) is 34.1 Å². The Kier molecular flexibility index (Phi) is 6.98. The molecule has 0 aliphatic carbocycles. The fourth-order valence-electron chi connectivity index (χ4n) is 3.72. The van der Waals surface area contributed by atoms with Crippen LogP contribution >= 0.6 is 23.2 Å². The van der Waals surface area contributed by atoms with Gasteiger partial charge in [0.1, 0.15) is 0 Å². The standard InChI is InChI=1S/C25H24Cl2N4O2/c1-15-3-6-20(31-14-19(9-10-32)29-30-31)13-22(15)25(33)21-7-5-18(12-23(21)27)28-24-8-4-17(26)11-16(24)2/h3-8,11-13,19,28,32H,9-10,14H2,1-2H3. The molecule has 3 aromatic rings. The van der Waals surface area contributed by atoms with Crippen LogP contribution < -0.4 is 10.3 Å². The molecule has 33 heavy (non-hydrogen) atoms. The van der Waals surface area contributed by atoms with E-state index in [1.54, 1.807) is 17.1 Å². The Balaban J connectivity index is 1.56. The summed E-state index contributed by atoms with van der Waals surface area (Å²) in [6, 6.07) is 16.5. The molecule has 0 aromatic heterocycles. The molecule has 2 N–H and O–H groups in total. The summed E-state index contributed by atoms with van der Waals surface area (Å²) in [5.74, 6) is -0.156. The van der Waals surface area contributed by atoms with Gasteiger partial charge in [-0.3, -0.25) is 4.79 Å². The Hall–Kier alpha value is -2.93. The van der Waals surface area contributed by atoms with Crippen LogP contribution in [0.3, 0.4) is 0 Å². The molecular weight excluding hydrogens is 459 g/mol. The summed E-state index contributed by atoms with van der Waals surface area (Å²) in [6.45, 7) is 4.50. The molecule has 0 saturated heterocycles. The van der Waals surface area contributed by atoms with Crippen LogP contribution in [0.25, 0.3) is 0 Å². The number of aryl methyl sites for hydroxylation is 2. The first-order valence-corrected chi connectivity index (χ1v) is 11.4. The first-order chi connectivity index (χ1) is 15.9. The number of nitrogens with one attached hydrogen (secondary N) is 1. The van der Waals surface area contributed by atoms with Gasteiger partial charge in [0.15, 0.2) is 5.78 Å². The number of carbonyl (C=O) groups is 1. The second kappa shape index (κ2) is 9.91. The fourth-order valence-corrected chi connectivity index (χ4v) is 4.22. The van der Waals surface area contributed by atoms with E-state index in [2.05, 4.69) is 15.7 Å². The number of benzene rings is 3. The van der Waals surface area contributed by atoms with E-state index in [9.17, 15) is 4.79 Å². The molecule has 0 amide bonds. The van der Waals surface area contributed by atoms with E-state index in [1.165, 1.54) is 0 Å². The molecule has 1 unspecified atom stereocenters. The minimum atomic E-state index is -0.156. The van der Waals surface area contributed by atoms with E-state index in [4.69, 9.17) is 28.3 Å². The molecule has 0 bridgehead atoms. The quantitative estimate of drug-likeness (QED) is 0.375. The lowest BCUT2D eigenvalue weighted by Gasteiger charge is -2.16. The number of aliphatic hydroxyl groups is 1. The van der Waals surface area contributed by atoms with Crippen molar-refractivity contribution in [3.8, 4) is 0 Å². The van der Waals surface area contributed by atoms with Crippen molar-refractivity contribution >= 4 is 46.0 Å². The van der Waals surface area contributed by atoms with Gasteiger partial charge in [-0.25, -0.2) is 5.01 Å². The lowest BCUT2D eigenvalue weighted by Crippen LogP contribution is -2.21. The number of hydrogen-bond acceptors (Lipinski definition) is 6. The van der Waals surface area contributed by atoms with Gasteiger partial charge in [0.2, 0.25) is 0 Å². The zero-order valence-corrected chi connectivity index (χ0v) is 19.9. The lowest BCUT2D eigenvalue weighted by molar-refractivity contribution is 0.103. The van der Waals surface area contributed by atoms with Gasteiger partial charge in [-0.05, 0) is 79.9 Å². The predicted molar refractivity (Wildman–Crippen MR) is 133 cm³/mol. The molecular formula is C25H24Cl2N4O2. The van der Waals surface area contributed by atoms with Crippen LogP contribution in [0, 0.1) is 13.8 Å². The van der Waals surface area contributed by atoms with Crippen LogP contribution in [-0.2, 0) is 0 Å². The van der Waals surface area contributed by atoms with Crippen molar-refractivity contribution in [1.29, 1.82) is 0 Å². The van der Waals surface area contributed by atoms with E-state index < -0.39 is 0 Å². The third-order valence-corrected chi connectivity index (χ3v) is 6.16. The Morgan fingerprint density at radius 1 is 1.06 bits per heavy atom. The highest BCUT2D eigenvalue weighted by atomic mass is 35.5. The van der Waals surface area contributed by atoms with Gasteiger partial charge < -0.3 is 10.4 Å². The van der Waals surface area contributed by atoms with E-state index in [-0.39, 0.29) is 18.4 Å². The Bertz CT molecular complexity index is 1230. The molecule has 0 saturated carbocycles. The zero-order chi connectivity index (χ0) is 23.5. The molecule has 1 atom stereocenters. The molecule has 0 radical (unpaired) electrons. The monoisotopic (exact) mass is 482 g/mol. The maximum atomic E-state index is 13.4. The van der Waals surface area contributed by atoms with Gasteiger partial charge in [-0.15, -0.1) is 0 Å². The SMILES string of the molecule is Cc1cc(Cl)ccc1Nc1ccc(C(=O)c2cc(N3CC(CCO)N=N3)ccc2C)c(Cl)c1. The van der Waals surface area contributed by atoms with Crippen LogP contribution in [0.4, 0.5) is 17.1 Å². The van der Waals surface area contributed by atoms with Gasteiger partial charge in [0.25, 0.3) is 0 Å². The minimum Gasteiger partial charge on any atom is -0.396 e. The molecule has 6 nitrogen and oxygen atoms in total. The molecule has 1 aliphatic rings. The van der Waals surface area contributed by atoms with E-state index in [1.807, 2.05) is 56.3 Å². The third kappa shape index (κ3) is 5.19. The Morgan fingerprint density at radius 3 is 2.61 bits per heavy atom. The molecule has 3 aromatic carbocycles. The summed E-state index contributed by atoms with van der Waals surface area (Å²) in [6.07, 6.45) is 0.559. The zero-order valence-electron chi connectivity index (χ0n) is 18.3. The second-order valence-corrected chi connectivity index (χ2v) is 8.90. The van der Waals surface area contributed by atoms with Crippen LogP contribution in [-0.4, -0.2) is 30.1 Å². The number of nitrogens with zero attached hydrogens (tertiary/aromatic N) is 3. The summed E-state index contributed by atoms with van der Waals surface area (Å²) in [4.78, 5) is 13.4. The highest BCUT2D eigenvalue weighted by molar-refractivity contribution is 6.35. The second-order valence-electron chi connectivity index (χ2n) is 8.06. The minimum absolute atomic E-state index is 0.0470. The van der Waals surface area contributed by atoms with Crippen LogP contribution in [0.15, 0.2) is 64.9 Å². The van der Waals surface area contributed by atoms with Crippen molar-refractivity contribution in [3.63, 3.8) is 0 Å². The average molecular weight is 483 g/mol. The van der Waals surface area contributed by atoms with Gasteiger partial charge in [0, 0.05) is 34.1 Å². The number of aliphatic hydroxyl groups excluding tert-OH is 1. The predicted octanol–water partition coefficient (Wildman–Crippen LogP) is 6.52. The number of halogens is 2. The molecule has 1 heterocycles. The Morgan fingerprint density at radius 2 is 1.88 bits per heavy atom. The Labute approximate surface area is 202 Å². The topological polar surface area (TPSA) is 77.3 Å². The van der Waals surface area contributed by atoms with Crippen molar-refractivity contribution in [3.05, 3.63) is 86.9 Å². The van der Waals surface area contributed by atoms with E-state index >= 15 is 0 Å². The first kappa shape index (κ1) is 23.2. The molecule has 1 aliphatic heterocycles. The molecule has 170 valence electrons. The van der Waals surface area contributed by atoms with Gasteiger partial charge in [0.05, 0.1) is 23.3 Å². The summed E-state index contributed by atoms with van der Waals surface area (Å²) in [5.41, 5.74) is 5.31. The lowest BCUT2D eigenvalue weighted by atomic mass is 9.98. The normalized spacial score (nSPS) is 15.2. The van der Waals surface area contributed by atoms with Crippen molar-refractivity contribution in [2.24, 2.45) is 10.3 Å². The molecule has 0 fully saturated rings. The van der Waals surface area contributed by atoms with Crippen molar-refractivity contribution < 1.29 is 9.90 Å². The molecule has 4 rings (SSSR count). The van der Waals surface area contributed by atoms with Gasteiger partial charge in [-0.2, -0.15) is 5.11 Å². The smallest absolute Gasteiger partial charge is 0.194 e.